The van der Waals surface area contributed by atoms with Gasteiger partial charge in [-0.05, 0) is 24.6 Å². The molecule has 0 saturated carbocycles. The molecule has 5 nitrogen and oxygen atoms in total. The van der Waals surface area contributed by atoms with Crippen LogP contribution in [0.2, 0.25) is 0 Å². The molecule has 1 saturated heterocycles. The van der Waals surface area contributed by atoms with Crippen molar-refractivity contribution in [1.29, 1.82) is 0 Å². The molecule has 0 unspecified atom stereocenters. The number of carbonyl (C=O) groups excluding carboxylic acids is 1. The summed E-state index contributed by atoms with van der Waals surface area (Å²) in [4.78, 5) is 11.7. The number of rotatable bonds is 5. The van der Waals surface area contributed by atoms with E-state index in [9.17, 15) is 4.79 Å². The molecule has 19 heavy (non-hydrogen) atoms. The molecular weight excluding hydrogens is 246 g/mol. The van der Waals surface area contributed by atoms with Gasteiger partial charge in [0.2, 0.25) is 0 Å². The van der Waals surface area contributed by atoms with Gasteiger partial charge in [-0.3, -0.25) is 4.79 Å². The summed E-state index contributed by atoms with van der Waals surface area (Å²) in [6.07, 6.45) is 0.299. The van der Waals surface area contributed by atoms with Crippen molar-refractivity contribution in [3.63, 3.8) is 0 Å². The first-order valence-corrected chi connectivity index (χ1v) is 6.28. The summed E-state index contributed by atoms with van der Waals surface area (Å²) in [6, 6.07) is 5.52. The molecule has 1 heterocycles. The molecule has 1 aromatic carbocycles. The molecule has 1 aliphatic heterocycles. The Morgan fingerprint density at radius 2 is 2.16 bits per heavy atom. The topological polar surface area (TPSA) is 70.8 Å². The molecular formula is C14H19NO4. The van der Waals surface area contributed by atoms with Gasteiger partial charge in [0, 0.05) is 11.8 Å². The average molecular weight is 265 g/mol. The highest BCUT2D eigenvalue weighted by atomic mass is 16.5. The lowest BCUT2D eigenvalue weighted by atomic mass is 9.75. The van der Waals surface area contributed by atoms with Crippen molar-refractivity contribution in [2.24, 2.45) is 0 Å². The summed E-state index contributed by atoms with van der Waals surface area (Å²) in [5, 5.41) is 0. The van der Waals surface area contributed by atoms with Gasteiger partial charge in [-0.1, -0.05) is 0 Å². The molecule has 0 amide bonds. The summed E-state index contributed by atoms with van der Waals surface area (Å²) in [7, 11) is 1.59. The second-order valence-corrected chi connectivity index (χ2v) is 4.75. The quantitative estimate of drug-likeness (QED) is 0.645. The summed E-state index contributed by atoms with van der Waals surface area (Å²) >= 11 is 0. The Balaban J connectivity index is 2.25. The Bertz CT molecular complexity index is 469. The van der Waals surface area contributed by atoms with Gasteiger partial charge in [-0.25, -0.2) is 0 Å². The van der Waals surface area contributed by atoms with Crippen molar-refractivity contribution in [2.45, 2.75) is 18.8 Å². The number of esters is 1. The van der Waals surface area contributed by atoms with Crippen LogP contribution in [0.5, 0.6) is 5.75 Å². The number of nitrogen functional groups attached to an aromatic ring is 1. The number of ether oxygens (including phenoxy) is 3. The molecule has 2 rings (SSSR count). The monoisotopic (exact) mass is 265 g/mol. The van der Waals surface area contributed by atoms with Gasteiger partial charge in [0.05, 0.1) is 38.8 Å². The molecule has 0 aromatic heterocycles. The maximum Gasteiger partial charge on any atom is 0.306 e. The zero-order chi connectivity index (χ0) is 13.9. The molecule has 1 aromatic rings. The second kappa shape index (κ2) is 5.48. The van der Waals surface area contributed by atoms with E-state index < -0.39 is 0 Å². The maximum absolute atomic E-state index is 11.7. The van der Waals surface area contributed by atoms with Crippen molar-refractivity contribution in [3.8, 4) is 5.75 Å². The molecule has 0 radical (unpaired) electrons. The van der Waals surface area contributed by atoms with Crippen molar-refractivity contribution in [2.75, 3.05) is 32.7 Å². The van der Waals surface area contributed by atoms with Gasteiger partial charge < -0.3 is 19.9 Å². The lowest BCUT2D eigenvalue weighted by molar-refractivity contribution is -0.151. The van der Waals surface area contributed by atoms with E-state index in [1.807, 2.05) is 12.1 Å². The molecule has 5 heteroatoms. The predicted molar refractivity (Wildman–Crippen MR) is 71.2 cm³/mol. The lowest BCUT2D eigenvalue weighted by Gasteiger charge is -2.41. The van der Waals surface area contributed by atoms with Crippen LogP contribution in [-0.4, -0.2) is 32.9 Å². The van der Waals surface area contributed by atoms with Crippen LogP contribution in [0.25, 0.3) is 0 Å². The van der Waals surface area contributed by atoms with Gasteiger partial charge >= 0.3 is 5.97 Å². The van der Waals surface area contributed by atoms with E-state index in [4.69, 9.17) is 19.9 Å². The van der Waals surface area contributed by atoms with Gasteiger partial charge in [-0.15, -0.1) is 0 Å². The van der Waals surface area contributed by atoms with Crippen molar-refractivity contribution in [3.05, 3.63) is 23.8 Å². The van der Waals surface area contributed by atoms with E-state index in [1.165, 1.54) is 0 Å². The second-order valence-electron chi connectivity index (χ2n) is 4.75. The van der Waals surface area contributed by atoms with Crippen LogP contribution in [0.1, 0.15) is 18.9 Å². The molecule has 0 spiro atoms. The van der Waals surface area contributed by atoms with Crippen molar-refractivity contribution >= 4 is 11.7 Å². The summed E-state index contributed by atoms with van der Waals surface area (Å²) < 4.78 is 15.5. The normalized spacial score (nSPS) is 16.5. The van der Waals surface area contributed by atoms with Crippen molar-refractivity contribution in [1.82, 2.24) is 0 Å². The number of hydrogen-bond acceptors (Lipinski definition) is 5. The standard InChI is InChI=1S/C14H19NO4/c1-3-19-13(16)7-14(8-18-9-14)10-4-11(15)6-12(5-10)17-2/h4-6H,3,7-9,15H2,1-2H3. The average Bonchev–Trinajstić information content (AvgIpc) is 2.33. The van der Waals surface area contributed by atoms with E-state index in [1.54, 1.807) is 20.1 Å². The van der Waals surface area contributed by atoms with Crippen LogP contribution in [-0.2, 0) is 19.7 Å². The molecule has 1 fully saturated rings. The van der Waals surface area contributed by atoms with Gasteiger partial charge in [0.15, 0.2) is 0 Å². The highest BCUT2D eigenvalue weighted by molar-refractivity contribution is 5.72. The van der Waals surface area contributed by atoms with Gasteiger partial charge in [0.1, 0.15) is 5.75 Å². The highest BCUT2D eigenvalue weighted by Gasteiger charge is 2.43. The Kier molecular flexibility index (Phi) is 3.95. The summed E-state index contributed by atoms with van der Waals surface area (Å²) in [6.45, 7) is 3.18. The Morgan fingerprint density at radius 3 is 2.68 bits per heavy atom. The van der Waals surface area contributed by atoms with E-state index >= 15 is 0 Å². The molecule has 0 aliphatic carbocycles. The van der Waals surface area contributed by atoms with E-state index in [2.05, 4.69) is 0 Å². The van der Waals surface area contributed by atoms with E-state index in [0.29, 0.717) is 37.7 Å². The Labute approximate surface area is 112 Å². The smallest absolute Gasteiger partial charge is 0.306 e. The molecule has 1 aliphatic rings. The number of methoxy groups -OCH3 is 1. The molecule has 104 valence electrons. The lowest BCUT2D eigenvalue weighted by Crippen LogP contribution is -2.48. The molecule has 0 atom stereocenters. The molecule has 2 N–H and O–H groups in total. The zero-order valence-electron chi connectivity index (χ0n) is 11.3. The maximum atomic E-state index is 11.7. The fraction of sp³-hybridized carbons (Fsp3) is 0.500. The first-order valence-electron chi connectivity index (χ1n) is 6.28. The number of carbonyl (C=O) groups is 1. The minimum absolute atomic E-state index is 0.216. The van der Waals surface area contributed by atoms with Crippen LogP contribution in [0.15, 0.2) is 18.2 Å². The van der Waals surface area contributed by atoms with Crippen LogP contribution in [0, 0.1) is 0 Å². The third-order valence-corrected chi connectivity index (χ3v) is 3.32. The predicted octanol–water partition coefficient (Wildman–Crippen LogP) is 1.50. The fourth-order valence-corrected chi connectivity index (χ4v) is 2.25. The number of nitrogens with two attached hydrogens (primary N) is 1. The minimum Gasteiger partial charge on any atom is -0.497 e. The Morgan fingerprint density at radius 1 is 1.42 bits per heavy atom. The van der Waals surface area contributed by atoms with Gasteiger partial charge in [-0.2, -0.15) is 0 Å². The van der Waals surface area contributed by atoms with Crippen LogP contribution < -0.4 is 10.5 Å². The van der Waals surface area contributed by atoms with Crippen molar-refractivity contribution < 1.29 is 19.0 Å². The van der Waals surface area contributed by atoms with Crippen LogP contribution >= 0.6 is 0 Å². The third kappa shape index (κ3) is 2.81. The third-order valence-electron chi connectivity index (χ3n) is 3.32. The fourth-order valence-electron chi connectivity index (χ4n) is 2.25. The number of hydrogen-bond donors (Lipinski definition) is 1. The summed E-state index contributed by atoms with van der Waals surface area (Å²) in [5.74, 6) is 0.470. The summed E-state index contributed by atoms with van der Waals surface area (Å²) in [5.41, 5.74) is 7.10. The van der Waals surface area contributed by atoms with Gasteiger partial charge in [0.25, 0.3) is 0 Å². The first kappa shape index (κ1) is 13.7. The van der Waals surface area contributed by atoms with E-state index in [-0.39, 0.29) is 11.4 Å². The SMILES string of the molecule is CCOC(=O)CC1(c2cc(N)cc(OC)c2)COC1. The largest absolute Gasteiger partial charge is 0.497 e. The van der Waals surface area contributed by atoms with Crippen LogP contribution in [0.3, 0.4) is 0 Å². The Hall–Kier alpha value is -1.75. The van der Waals surface area contributed by atoms with Crippen LogP contribution in [0.4, 0.5) is 5.69 Å². The van der Waals surface area contributed by atoms with E-state index in [0.717, 1.165) is 5.56 Å². The minimum atomic E-state index is -0.338. The molecule has 0 bridgehead atoms. The zero-order valence-corrected chi connectivity index (χ0v) is 11.3. The highest BCUT2D eigenvalue weighted by Crippen LogP contribution is 2.38. The number of benzene rings is 1. The number of anilines is 1. The first-order chi connectivity index (χ1) is 9.09.